The molecule has 0 fully saturated rings. The predicted octanol–water partition coefficient (Wildman–Crippen LogP) is 2.05. The minimum Gasteiger partial charge on any atom is -0.366 e. The minimum atomic E-state index is -1.06. The lowest BCUT2D eigenvalue weighted by atomic mass is 9.95. The molecule has 0 saturated carbocycles. The first kappa shape index (κ1) is 14.1. The van der Waals surface area contributed by atoms with E-state index >= 15 is 0 Å². The molecule has 98 valence electrons. The molecular formula is C12H14F2N2O2. The van der Waals surface area contributed by atoms with Crippen molar-refractivity contribution in [3.8, 4) is 0 Å². The van der Waals surface area contributed by atoms with Gasteiger partial charge in [-0.05, 0) is 6.07 Å². The highest BCUT2D eigenvalue weighted by Crippen LogP contribution is 2.22. The number of hydrogen-bond acceptors (Lipinski definition) is 2. The number of halogens is 2. The van der Waals surface area contributed by atoms with Gasteiger partial charge in [0, 0.05) is 11.5 Å². The number of carbonyl (C=O) groups excluding carboxylic acids is 2. The minimum absolute atomic E-state index is 0.273. The summed E-state index contributed by atoms with van der Waals surface area (Å²) >= 11 is 0. The number of carbonyl (C=O) groups is 2. The van der Waals surface area contributed by atoms with Gasteiger partial charge in [-0.2, -0.15) is 0 Å². The number of primary amides is 1. The van der Waals surface area contributed by atoms with Crippen LogP contribution in [0.5, 0.6) is 0 Å². The first-order chi connectivity index (χ1) is 8.12. The molecule has 0 spiro atoms. The smallest absolute Gasteiger partial charge is 0.251 e. The van der Waals surface area contributed by atoms with Gasteiger partial charge in [-0.25, -0.2) is 8.78 Å². The van der Waals surface area contributed by atoms with Crippen molar-refractivity contribution in [2.45, 2.75) is 20.8 Å². The Bertz CT molecular complexity index is 508. The normalized spacial score (nSPS) is 11.2. The second-order valence-electron chi connectivity index (χ2n) is 4.88. The lowest BCUT2D eigenvalue weighted by molar-refractivity contribution is -0.123. The van der Waals surface area contributed by atoms with Crippen molar-refractivity contribution in [1.29, 1.82) is 0 Å². The number of amides is 2. The number of nitrogens with two attached hydrogens (primary N) is 1. The Morgan fingerprint density at radius 3 is 2.17 bits per heavy atom. The molecule has 1 aromatic rings. The molecule has 0 heterocycles. The van der Waals surface area contributed by atoms with Crippen LogP contribution in [0.3, 0.4) is 0 Å². The highest BCUT2D eigenvalue weighted by Gasteiger charge is 2.23. The third-order valence-electron chi connectivity index (χ3n) is 2.25. The summed E-state index contributed by atoms with van der Waals surface area (Å²) in [7, 11) is 0. The molecule has 3 N–H and O–H groups in total. The number of rotatable bonds is 2. The van der Waals surface area contributed by atoms with Crippen LogP contribution in [0.4, 0.5) is 14.5 Å². The molecule has 1 rings (SSSR count). The summed E-state index contributed by atoms with van der Waals surface area (Å²) in [6.07, 6.45) is 0. The standard InChI is InChI=1S/C12H14F2N2O2/c1-12(2,3)11(18)16-9-4-6(10(15)17)7(13)5-8(9)14/h4-5H,1-3H3,(H2,15,17)(H,16,18). The van der Waals surface area contributed by atoms with E-state index < -0.39 is 34.4 Å². The van der Waals surface area contributed by atoms with Crippen molar-refractivity contribution in [2.75, 3.05) is 5.32 Å². The Morgan fingerprint density at radius 2 is 1.72 bits per heavy atom. The van der Waals surface area contributed by atoms with Gasteiger partial charge >= 0.3 is 0 Å². The van der Waals surface area contributed by atoms with E-state index in [0.717, 1.165) is 6.07 Å². The molecule has 0 aliphatic carbocycles. The SMILES string of the molecule is CC(C)(C)C(=O)Nc1cc(C(N)=O)c(F)cc1F. The number of anilines is 1. The highest BCUT2D eigenvalue weighted by atomic mass is 19.1. The first-order valence-electron chi connectivity index (χ1n) is 5.23. The molecule has 4 nitrogen and oxygen atoms in total. The molecule has 18 heavy (non-hydrogen) atoms. The Hall–Kier alpha value is -1.98. The number of nitrogens with one attached hydrogen (secondary N) is 1. The van der Waals surface area contributed by atoms with Crippen molar-refractivity contribution in [1.82, 2.24) is 0 Å². The lowest BCUT2D eigenvalue weighted by Crippen LogP contribution is -2.28. The van der Waals surface area contributed by atoms with Crippen LogP contribution in [-0.4, -0.2) is 11.8 Å². The van der Waals surface area contributed by atoms with E-state index in [2.05, 4.69) is 5.32 Å². The third kappa shape index (κ3) is 3.03. The summed E-state index contributed by atoms with van der Waals surface area (Å²) in [5.41, 5.74) is 3.45. The molecule has 0 saturated heterocycles. The summed E-state index contributed by atoms with van der Waals surface area (Å²) in [6.45, 7) is 4.91. The van der Waals surface area contributed by atoms with Gasteiger partial charge in [0.1, 0.15) is 11.6 Å². The topological polar surface area (TPSA) is 72.2 Å². The maximum atomic E-state index is 13.4. The molecule has 6 heteroatoms. The van der Waals surface area contributed by atoms with Crippen molar-refractivity contribution < 1.29 is 18.4 Å². The molecule has 0 aliphatic rings. The van der Waals surface area contributed by atoms with Crippen molar-refractivity contribution >= 4 is 17.5 Å². The van der Waals surface area contributed by atoms with E-state index in [1.54, 1.807) is 20.8 Å². The van der Waals surface area contributed by atoms with Gasteiger partial charge in [-0.1, -0.05) is 20.8 Å². The molecule has 0 aromatic heterocycles. The lowest BCUT2D eigenvalue weighted by Gasteiger charge is -2.18. The summed E-state index contributed by atoms with van der Waals surface area (Å²) in [6, 6.07) is 1.40. The fraction of sp³-hybridized carbons (Fsp3) is 0.333. The molecule has 0 bridgehead atoms. The van der Waals surface area contributed by atoms with Crippen molar-refractivity contribution in [3.05, 3.63) is 29.3 Å². The Morgan fingerprint density at radius 1 is 1.17 bits per heavy atom. The summed E-state index contributed by atoms with van der Waals surface area (Å²) < 4.78 is 26.6. The molecule has 1 aromatic carbocycles. The van der Waals surface area contributed by atoms with Gasteiger partial charge in [-0.3, -0.25) is 9.59 Å². The van der Waals surface area contributed by atoms with Gasteiger partial charge in [0.05, 0.1) is 11.3 Å². The van der Waals surface area contributed by atoms with Crippen molar-refractivity contribution in [3.63, 3.8) is 0 Å². The highest BCUT2D eigenvalue weighted by molar-refractivity contribution is 5.98. The fourth-order valence-corrected chi connectivity index (χ4v) is 1.14. The number of hydrogen-bond donors (Lipinski definition) is 2. The van der Waals surface area contributed by atoms with Crippen LogP contribution in [0.15, 0.2) is 12.1 Å². The van der Waals surface area contributed by atoms with Crippen molar-refractivity contribution in [2.24, 2.45) is 11.1 Å². The van der Waals surface area contributed by atoms with Gasteiger partial charge < -0.3 is 11.1 Å². The quantitative estimate of drug-likeness (QED) is 0.850. The average Bonchev–Trinajstić information content (AvgIpc) is 2.19. The fourth-order valence-electron chi connectivity index (χ4n) is 1.14. The van der Waals surface area contributed by atoms with E-state index in [-0.39, 0.29) is 5.69 Å². The molecule has 2 amide bonds. The van der Waals surface area contributed by atoms with E-state index in [0.29, 0.717) is 6.07 Å². The third-order valence-corrected chi connectivity index (χ3v) is 2.25. The van der Waals surface area contributed by atoms with E-state index in [1.807, 2.05) is 0 Å². The molecule has 0 radical (unpaired) electrons. The first-order valence-corrected chi connectivity index (χ1v) is 5.23. The van der Waals surface area contributed by atoms with Crippen LogP contribution in [-0.2, 0) is 4.79 Å². The Balaban J connectivity index is 3.14. The van der Waals surface area contributed by atoms with Crippen LogP contribution in [0, 0.1) is 17.0 Å². The predicted molar refractivity (Wildman–Crippen MR) is 63.0 cm³/mol. The van der Waals surface area contributed by atoms with Gasteiger partial charge in [-0.15, -0.1) is 0 Å². The van der Waals surface area contributed by atoms with Gasteiger partial charge in [0.25, 0.3) is 5.91 Å². The molecule has 0 atom stereocenters. The number of benzene rings is 1. The average molecular weight is 256 g/mol. The van der Waals surface area contributed by atoms with E-state index in [9.17, 15) is 18.4 Å². The zero-order valence-corrected chi connectivity index (χ0v) is 10.3. The summed E-state index contributed by atoms with van der Waals surface area (Å²) in [5, 5.41) is 2.28. The van der Waals surface area contributed by atoms with Crippen LogP contribution in [0.1, 0.15) is 31.1 Å². The molecule has 0 unspecified atom stereocenters. The second-order valence-corrected chi connectivity index (χ2v) is 4.88. The van der Waals surface area contributed by atoms with E-state index in [1.165, 1.54) is 0 Å². The zero-order valence-electron chi connectivity index (χ0n) is 10.3. The summed E-state index contributed by atoms with van der Waals surface area (Å²) in [4.78, 5) is 22.6. The maximum absolute atomic E-state index is 13.4. The van der Waals surface area contributed by atoms with Crippen LogP contribution in [0.2, 0.25) is 0 Å². The van der Waals surface area contributed by atoms with Gasteiger partial charge in [0.2, 0.25) is 5.91 Å². The summed E-state index contributed by atoms with van der Waals surface area (Å²) in [5.74, 6) is -3.51. The van der Waals surface area contributed by atoms with Crippen LogP contribution >= 0.6 is 0 Å². The van der Waals surface area contributed by atoms with Crippen LogP contribution < -0.4 is 11.1 Å². The largest absolute Gasteiger partial charge is 0.366 e. The monoisotopic (exact) mass is 256 g/mol. The molecular weight excluding hydrogens is 242 g/mol. The Kier molecular flexibility index (Phi) is 3.69. The van der Waals surface area contributed by atoms with Gasteiger partial charge in [0.15, 0.2) is 0 Å². The van der Waals surface area contributed by atoms with E-state index in [4.69, 9.17) is 5.73 Å². The molecule has 0 aliphatic heterocycles. The van der Waals surface area contributed by atoms with Crippen LogP contribution in [0.25, 0.3) is 0 Å². The Labute approximate surface area is 103 Å². The zero-order chi connectivity index (χ0) is 14.1. The second kappa shape index (κ2) is 4.72. The maximum Gasteiger partial charge on any atom is 0.251 e.